The molecule has 0 bridgehead atoms. The van der Waals surface area contributed by atoms with Crippen LogP contribution >= 0.6 is 0 Å². The lowest BCUT2D eigenvalue weighted by molar-refractivity contribution is 0.589. The van der Waals surface area contributed by atoms with Crippen LogP contribution < -0.4 is 5.32 Å². The Morgan fingerprint density at radius 1 is 1.33 bits per heavy atom. The third kappa shape index (κ3) is 2.64. The van der Waals surface area contributed by atoms with E-state index in [0.29, 0.717) is 5.58 Å². The first-order chi connectivity index (χ1) is 8.38. The summed E-state index contributed by atoms with van der Waals surface area (Å²) in [6.45, 7) is 6.20. The second-order valence-corrected chi connectivity index (χ2v) is 6.12. The molecule has 2 aromatic rings. The van der Waals surface area contributed by atoms with Crippen LogP contribution in [0.3, 0.4) is 0 Å². The van der Waals surface area contributed by atoms with Crippen LogP contribution in [0.4, 0.5) is 5.69 Å². The minimum atomic E-state index is -2.46. The van der Waals surface area contributed by atoms with Crippen molar-refractivity contribution in [1.29, 1.82) is 0 Å². The van der Waals surface area contributed by atoms with Crippen molar-refractivity contribution in [2.45, 2.75) is 26.2 Å². The third-order valence-electron chi connectivity index (χ3n) is 2.68. The Hall–Kier alpha value is -1.56. The molecule has 0 aliphatic rings. The smallest absolute Gasteiger partial charge is 0.181 e. The zero-order chi connectivity index (χ0) is 13.3. The number of hydrogen-bond acceptors (Lipinski definition) is 5. The van der Waals surface area contributed by atoms with Gasteiger partial charge in [-0.1, -0.05) is 20.8 Å². The number of oxazole rings is 1. The zero-order valence-corrected chi connectivity index (χ0v) is 11.5. The van der Waals surface area contributed by atoms with E-state index in [-0.39, 0.29) is 11.3 Å². The van der Waals surface area contributed by atoms with Crippen LogP contribution in [0.5, 0.6) is 0 Å². The predicted molar refractivity (Wildman–Crippen MR) is 71.5 cm³/mol. The van der Waals surface area contributed by atoms with Crippen molar-refractivity contribution in [2.24, 2.45) is 0 Å². The van der Waals surface area contributed by atoms with Crippen molar-refractivity contribution >= 4 is 27.5 Å². The highest BCUT2D eigenvalue weighted by molar-refractivity contribution is 7.72. The van der Waals surface area contributed by atoms with Gasteiger partial charge in [0.1, 0.15) is 11.4 Å². The van der Waals surface area contributed by atoms with Gasteiger partial charge in [-0.15, -0.1) is 0 Å². The average Bonchev–Trinajstić information content (AvgIpc) is 2.70. The Morgan fingerprint density at radius 3 is 2.67 bits per heavy atom. The van der Waals surface area contributed by atoms with Crippen LogP contribution in [-0.4, -0.2) is 19.3 Å². The summed E-state index contributed by atoms with van der Waals surface area (Å²) in [7, 11) is -2.46. The van der Waals surface area contributed by atoms with Gasteiger partial charge in [0.05, 0.1) is 0 Å². The van der Waals surface area contributed by atoms with Crippen LogP contribution in [0.1, 0.15) is 26.3 Å². The largest absolute Gasteiger partial charge is 0.443 e. The molecule has 0 saturated carbocycles. The van der Waals surface area contributed by atoms with Gasteiger partial charge in [0, 0.05) is 11.8 Å². The fourth-order valence-corrected chi connectivity index (χ4v) is 2.12. The Kier molecular flexibility index (Phi) is 3.30. The lowest BCUT2D eigenvalue weighted by Gasteiger charge is -2.22. The molecule has 1 aromatic heterocycles. The first kappa shape index (κ1) is 12.9. The molecule has 0 atom stereocenters. The fraction of sp³-hybridized carbons (Fsp3) is 0.417. The molecular weight excluding hydrogens is 252 g/mol. The quantitative estimate of drug-likeness (QED) is 0.834. The molecule has 0 fully saturated rings. The maximum absolute atomic E-state index is 10.7. The van der Waals surface area contributed by atoms with Gasteiger partial charge in [0.15, 0.2) is 22.7 Å². The lowest BCUT2D eigenvalue weighted by atomic mass is 9.85. The average molecular weight is 268 g/mol. The molecule has 0 saturated heterocycles. The molecule has 5 nitrogen and oxygen atoms in total. The number of anilines is 1. The standard InChI is InChI=1S/C12H16N2O3S/c1-12(2,3)8-4-10-11(17-6-13-10)5-9(8)14-7-18(15)16/h4-6,14,18H,7H2,1-3H3. The molecule has 6 heteroatoms. The number of rotatable bonds is 3. The van der Waals surface area contributed by atoms with Crippen molar-refractivity contribution in [3.8, 4) is 0 Å². The van der Waals surface area contributed by atoms with E-state index in [2.05, 4.69) is 31.1 Å². The Morgan fingerprint density at radius 2 is 2.06 bits per heavy atom. The summed E-state index contributed by atoms with van der Waals surface area (Å²) in [6.07, 6.45) is 1.38. The van der Waals surface area contributed by atoms with E-state index in [1.165, 1.54) is 6.39 Å². The van der Waals surface area contributed by atoms with E-state index >= 15 is 0 Å². The highest BCUT2D eigenvalue weighted by atomic mass is 32.2. The molecular formula is C12H16N2O3S. The SMILES string of the molecule is CC(C)(C)c1cc2ncoc2cc1NC[SH](=O)=O. The van der Waals surface area contributed by atoms with Crippen LogP contribution in [0.25, 0.3) is 11.1 Å². The molecule has 0 aliphatic carbocycles. The summed E-state index contributed by atoms with van der Waals surface area (Å²) in [5, 5.41) is 2.92. The number of nitrogens with one attached hydrogen (secondary N) is 1. The Labute approximate surface area is 107 Å². The van der Waals surface area contributed by atoms with Crippen LogP contribution in [0.2, 0.25) is 0 Å². The molecule has 1 N–H and O–H groups in total. The summed E-state index contributed by atoms with van der Waals surface area (Å²) in [6, 6.07) is 3.72. The molecule has 0 spiro atoms. The summed E-state index contributed by atoms with van der Waals surface area (Å²) in [5.74, 6) is -0.0853. The summed E-state index contributed by atoms with van der Waals surface area (Å²) in [5.41, 5.74) is 3.10. The van der Waals surface area contributed by atoms with Gasteiger partial charge < -0.3 is 9.73 Å². The second kappa shape index (κ2) is 4.61. The fourth-order valence-electron chi connectivity index (χ4n) is 1.82. The summed E-state index contributed by atoms with van der Waals surface area (Å²) >= 11 is 0. The van der Waals surface area contributed by atoms with Crippen molar-refractivity contribution in [1.82, 2.24) is 4.98 Å². The van der Waals surface area contributed by atoms with Gasteiger partial charge in [-0.05, 0) is 17.0 Å². The molecule has 0 aliphatic heterocycles. The van der Waals surface area contributed by atoms with E-state index in [1.807, 2.05) is 6.07 Å². The van der Waals surface area contributed by atoms with Gasteiger partial charge in [0.25, 0.3) is 0 Å². The lowest BCUT2D eigenvalue weighted by Crippen LogP contribution is -2.15. The van der Waals surface area contributed by atoms with E-state index in [9.17, 15) is 8.42 Å². The van der Waals surface area contributed by atoms with Gasteiger partial charge >= 0.3 is 0 Å². The number of fused-ring (bicyclic) bond motifs is 1. The molecule has 98 valence electrons. The van der Waals surface area contributed by atoms with Gasteiger partial charge in [-0.25, -0.2) is 13.4 Å². The molecule has 1 aromatic carbocycles. The second-order valence-electron chi connectivity index (χ2n) is 5.14. The van der Waals surface area contributed by atoms with E-state index in [4.69, 9.17) is 4.42 Å². The molecule has 18 heavy (non-hydrogen) atoms. The van der Waals surface area contributed by atoms with Crippen molar-refractivity contribution in [3.63, 3.8) is 0 Å². The minimum Gasteiger partial charge on any atom is -0.443 e. The number of benzene rings is 1. The highest BCUT2D eigenvalue weighted by Gasteiger charge is 2.20. The van der Waals surface area contributed by atoms with E-state index < -0.39 is 10.7 Å². The highest BCUT2D eigenvalue weighted by Crippen LogP contribution is 2.32. The third-order valence-corrected chi connectivity index (χ3v) is 3.09. The van der Waals surface area contributed by atoms with Gasteiger partial charge in [-0.3, -0.25) is 0 Å². The number of thiol groups is 1. The Balaban J connectivity index is 2.52. The minimum absolute atomic E-state index is 0.0853. The first-order valence-electron chi connectivity index (χ1n) is 5.61. The van der Waals surface area contributed by atoms with Crippen LogP contribution in [-0.2, 0) is 16.1 Å². The molecule has 0 unspecified atom stereocenters. The van der Waals surface area contributed by atoms with E-state index in [0.717, 1.165) is 16.8 Å². The van der Waals surface area contributed by atoms with Crippen molar-refractivity contribution in [2.75, 3.05) is 11.2 Å². The molecule has 0 radical (unpaired) electrons. The van der Waals surface area contributed by atoms with Crippen molar-refractivity contribution < 1.29 is 12.8 Å². The number of aromatic nitrogens is 1. The predicted octanol–water partition coefficient (Wildman–Crippen LogP) is 2.11. The topological polar surface area (TPSA) is 72.2 Å². The summed E-state index contributed by atoms with van der Waals surface area (Å²) in [4.78, 5) is 4.12. The van der Waals surface area contributed by atoms with Gasteiger partial charge in [0.2, 0.25) is 0 Å². The molecule has 0 amide bonds. The van der Waals surface area contributed by atoms with Crippen molar-refractivity contribution in [3.05, 3.63) is 24.1 Å². The number of nitrogens with zero attached hydrogens (tertiary/aromatic N) is 1. The normalized spacial score (nSPS) is 12.2. The maximum Gasteiger partial charge on any atom is 0.181 e. The maximum atomic E-state index is 10.7. The number of hydrogen-bond donors (Lipinski definition) is 2. The first-order valence-corrected chi connectivity index (χ1v) is 6.97. The molecule has 1 heterocycles. The Bertz CT molecular complexity index is 630. The van der Waals surface area contributed by atoms with Gasteiger partial charge in [-0.2, -0.15) is 0 Å². The van der Waals surface area contributed by atoms with Crippen LogP contribution in [0, 0.1) is 0 Å². The summed E-state index contributed by atoms with van der Waals surface area (Å²) < 4.78 is 26.6. The zero-order valence-electron chi connectivity index (χ0n) is 10.6. The van der Waals surface area contributed by atoms with Crippen LogP contribution in [0.15, 0.2) is 22.9 Å². The molecule has 2 rings (SSSR count). The monoisotopic (exact) mass is 268 g/mol. The van der Waals surface area contributed by atoms with E-state index in [1.54, 1.807) is 6.07 Å².